The van der Waals surface area contributed by atoms with Gasteiger partial charge in [0.05, 0.1) is 6.54 Å². The van der Waals surface area contributed by atoms with E-state index in [4.69, 9.17) is 0 Å². The lowest BCUT2D eigenvalue weighted by Crippen LogP contribution is -2.46. The van der Waals surface area contributed by atoms with E-state index in [1.807, 2.05) is 31.2 Å². The van der Waals surface area contributed by atoms with Crippen molar-refractivity contribution in [3.63, 3.8) is 0 Å². The molecule has 0 aliphatic carbocycles. The van der Waals surface area contributed by atoms with Gasteiger partial charge in [-0.1, -0.05) is 48.0 Å². The Morgan fingerprint density at radius 3 is 2.56 bits per heavy atom. The molecule has 0 aliphatic rings. The van der Waals surface area contributed by atoms with Gasteiger partial charge >= 0.3 is 5.69 Å². The lowest BCUT2D eigenvalue weighted by molar-refractivity contribution is 0.0944. The minimum Gasteiger partial charge on any atom is -0.350 e. The van der Waals surface area contributed by atoms with Crippen LogP contribution in [0.4, 0.5) is 4.39 Å². The summed E-state index contributed by atoms with van der Waals surface area (Å²) >= 11 is 0. The second-order valence-electron chi connectivity index (χ2n) is 7.70. The van der Waals surface area contributed by atoms with E-state index in [0.29, 0.717) is 12.0 Å². The number of para-hydroxylation sites is 1. The number of rotatable bonds is 7. The summed E-state index contributed by atoms with van der Waals surface area (Å²) in [5, 5.41) is 6.59. The Balaban J connectivity index is 1.73. The second kappa shape index (κ2) is 10.0. The summed E-state index contributed by atoms with van der Waals surface area (Å²) in [6, 6.07) is 18.2. The zero-order valence-corrected chi connectivity index (χ0v) is 18.4. The quantitative estimate of drug-likeness (QED) is 0.457. The van der Waals surface area contributed by atoms with E-state index in [1.165, 1.54) is 24.3 Å². The molecule has 0 saturated heterocycles. The Kier molecular flexibility index (Phi) is 6.72. The number of hydrogen-bond acceptors (Lipinski definition) is 5. The number of nitrogens with one attached hydrogen (secondary N) is 1. The van der Waals surface area contributed by atoms with E-state index in [9.17, 15) is 18.8 Å². The number of amides is 1. The fourth-order valence-corrected chi connectivity index (χ4v) is 3.50. The molecule has 2 aromatic carbocycles. The Morgan fingerprint density at radius 2 is 1.82 bits per heavy atom. The van der Waals surface area contributed by atoms with Gasteiger partial charge in [0.15, 0.2) is 0 Å². The van der Waals surface area contributed by atoms with E-state index in [0.717, 1.165) is 20.5 Å². The first kappa shape index (κ1) is 22.8. The van der Waals surface area contributed by atoms with Gasteiger partial charge in [-0.25, -0.2) is 9.18 Å². The number of carbonyl (C=O) groups is 1. The molecule has 172 valence electrons. The third-order valence-corrected chi connectivity index (χ3v) is 5.17. The molecule has 1 amide bonds. The maximum Gasteiger partial charge on any atom is 0.352 e. The minimum atomic E-state index is -0.852. The predicted octanol–water partition coefficient (Wildman–Crippen LogP) is 2.26. The van der Waals surface area contributed by atoms with Crippen LogP contribution in [0.15, 0.2) is 82.5 Å². The van der Waals surface area contributed by atoms with Crippen molar-refractivity contribution in [3.8, 4) is 5.69 Å². The van der Waals surface area contributed by atoms with Crippen molar-refractivity contribution in [1.29, 1.82) is 0 Å². The van der Waals surface area contributed by atoms with Crippen LogP contribution in [0.3, 0.4) is 0 Å². The van der Waals surface area contributed by atoms with Gasteiger partial charge in [-0.2, -0.15) is 9.78 Å². The average Bonchev–Trinajstić information content (AvgIpc) is 2.83. The third kappa shape index (κ3) is 4.98. The molecule has 4 aromatic rings. The van der Waals surface area contributed by atoms with Crippen LogP contribution in [0.5, 0.6) is 0 Å². The van der Waals surface area contributed by atoms with E-state index in [-0.39, 0.29) is 18.8 Å². The fourth-order valence-electron chi connectivity index (χ4n) is 3.50. The average molecular weight is 459 g/mol. The monoisotopic (exact) mass is 459 g/mol. The number of benzene rings is 2. The number of aromatic nitrogens is 4. The number of carbonyl (C=O) groups excluding carboxylic acids is 1. The summed E-state index contributed by atoms with van der Waals surface area (Å²) in [6.45, 7) is 2.00. The van der Waals surface area contributed by atoms with Crippen LogP contribution in [0.1, 0.15) is 27.3 Å². The van der Waals surface area contributed by atoms with Crippen molar-refractivity contribution >= 4 is 5.91 Å². The first-order chi connectivity index (χ1) is 16.4. The molecule has 34 heavy (non-hydrogen) atoms. The summed E-state index contributed by atoms with van der Waals surface area (Å²) in [7, 11) is 0. The van der Waals surface area contributed by atoms with Gasteiger partial charge in [-0.3, -0.25) is 19.1 Å². The molecular weight excluding hydrogens is 437 g/mol. The molecule has 2 aromatic heterocycles. The smallest absolute Gasteiger partial charge is 0.350 e. The summed E-state index contributed by atoms with van der Waals surface area (Å²) in [5.74, 6) is -1.47. The van der Waals surface area contributed by atoms with Crippen LogP contribution >= 0.6 is 0 Å². The van der Waals surface area contributed by atoms with Crippen molar-refractivity contribution < 1.29 is 9.18 Å². The largest absolute Gasteiger partial charge is 0.352 e. The van der Waals surface area contributed by atoms with Crippen molar-refractivity contribution in [3.05, 3.63) is 122 Å². The minimum absolute atomic E-state index is 0.0927. The maximum atomic E-state index is 14.5. The molecule has 0 spiro atoms. The lowest BCUT2D eigenvalue weighted by atomic mass is 10.1. The van der Waals surface area contributed by atoms with Crippen LogP contribution in [0, 0.1) is 12.7 Å². The van der Waals surface area contributed by atoms with Crippen LogP contribution < -0.4 is 16.6 Å². The number of halogens is 1. The highest BCUT2D eigenvalue weighted by atomic mass is 19.1. The first-order valence-corrected chi connectivity index (χ1v) is 10.7. The molecule has 0 radical (unpaired) electrons. The number of aryl methyl sites for hydroxylation is 1. The first-order valence-electron chi connectivity index (χ1n) is 10.7. The zero-order valence-electron chi connectivity index (χ0n) is 18.4. The van der Waals surface area contributed by atoms with Crippen molar-refractivity contribution in [2.24, 2.45) is 0 Å². The van der Waals surface area contributed by atoms with Gasteiger partial charge in [0, 0.05) is 24.9 Å². The van der Waals surface area contributed by atoms with Crippen LogP contribution in [-0.4, -0.2) is 31.8 Å². The highest BCUT2D eigenvalue weighted by Crippen LogP contribution is 2.10. The topological polar surface area (TPSA) is 98.9 Å². The Hall–Kier alpha value is -4.40. The molecule has 2 heterocycles. The molecule has 0 saturated carbocycles. The third-order valence-electron chi connectivity index (χ3n) is 5.17. The second-order valence-corrected chi connectivity index (χ2v) is 7.70. The zero-order chi connectivity index (χ0) is 24.1. The molecule has 0 atom stereocenters. The van der Waals surface area contributed by atoms with Crippen molar-refractivity contribution in [1.82, 2.24) is 24.6 Å². The molecule has 0 fully saturated rings. The molecular formula is C25H22FN5O3. The van der Waals surface area contributed by atoms with E-state index in [1.54, 1.807) is 24.4 Å². The van der Waals surface area contributed by atoms with Gasteiger partial charge < -0.3 is 5.32 Å². The number of pyridine rings is 1. The predicted molar refractivity (Wildman–Crippen MR) is 125 cm³/mol. The SMILES string of the molecule is Cc1cccc(Cn2c(=O)c(C(=O)NCCc3ccccn3)nn(-c3ccccc3F)c2=O)c1. The highest BCUT2D eigenvalue weighted by molar-refractivity contribution is 5.91. The molecule has 1 N–H and O–H groups in total. The van der Waals surface area contributed by atoms with E-state index >= 15 is 0 Å². The van der Waals surface area contributed by atoms with Crippen LogP contribution in [-0.2, 0) is 13.0 Å². The molecule has 9 heteroatoms. The Morgan fingerprint density at radius 1 is 1.03 bits per heavy atom. The summed E-state index contributed by atoms with van der Waals surface area (Å²) in [4.78, 5) is 43.4. The van der Waals surface area contributed by atoms with E-state index < -0.39 is 28.7 Å². The van der Waals surface area contributed by atoms with Gasteiger partial charge in [0.2, 0.25) is 5.69 Å². The Labute approximate surface area is 194 Å². The summed E-state index contributed by atoms with van der Waals surface area (Å²) < 4.78 is 16.1. The van der Waals surface area contributed by atoms with Crippen molar-refractivity contribution in [2.45, 2.75) is 19.9 Å². The Bertz CT molecular complexity index is 1450. The molecule has 0 bridgehead atoms. The molecule has 0 unspecified atom stereocenters. The van der Waals surface area contributed by atoms with Crippen molar-refractivity contribution in [2.75, 3.05) is 6.54 Å². The van der Waals surface area contributed by atoms with Gasteiger partial charge in [-0.05, 0) is 36.8 Å². The summed E-state index contributed by atoms with van der Waals surface area (Å²) in [5.41, 5.74) is 0.0399. The van der Waals surface area contributed by atoms with Crippen LogP contribution in [0.2, 0.25) is 0 Å². The molecule has 0 aliphatic heterocycles. The summed E-state index contributed by atoms with van der Waals surface area (Å²) in [6.07, 6.45) is 2.09. The normalized spacial score (nSPS) is 10.8. The number of hydrogen-bond donors (Lipinski definition) is 1. The standard InChI is InChI=1S/C25H22FN5O3/c1-17-7-6-8-18(15-17)16-30-24(33)22(23(32)28-14-12-19-9-4-5-13-27-19)29-31(25(30)34)21-11-3-2-10-20(21)26/h2-11,13,15H,12,14,16H2,1H3,(H,28,32). The number of nitrogens with zero attached hydrogens (tertiary/aromatic N) is 4. The lowest BCUT2D eigenvalue weighted by Gasteiger charge is -2.13. The van der Waals surface area contributed by atoms with Gasteiger partial charge in [0.25, 0.3) is 11.5 Å². The van der Waals surface area contributed by atoms with Gasteiger partial charge in [0.1, 0.15) is 11.5 Å². The fraction of sp³-hybridized carbons (Fsp3) is 0.160. The molecule has 8 nitrogen and oxygen atoms in total. The maximum absolute atomic E-state index is 14.5. The highest BCUT2D eigenvalue weighted by Gasteiger charge is 2.21. The van der Waals surface area contributed by atoms with Crippen LogP contribution in [0.25, 0.3) is 5.69 Å². The molecule has 4 rings (SSSR count). The van der Waals surface area contributed by atoms with Gasteiger partial charge in [-0.15, -0.1) is 0 Å². The van der Waals surface area contributed by atoms with E-state index in [2.05, 4.69) is 15.4 Å².